The fourth-order valence-corrected chi connectivity index (χ4v) is 3.97. The number of rotatable bonds is 6. The molecule has 5 nitrogen and oxygen atoms in total. The Bertz CT molecular complexity index is 665. The molecule has 1 fully saturated rings. The molecule has 1 unspecified atom stereocenters. The molecular weight excluding hydrogens is 366 g/mol. The first-order valence-electron chi connectivity index (χ1n) is 10.8. The van der Waals surface area contributed by atoms with E-state index in [4.69, 9.17) is 9.47 Å². The van der Waals surface area contributed by atoms with E-state index in [2.05, 4.69) is 26.1 Å². The van der Waals surface area contributed by atoms with Crippen molar-refractivity contribution < 1.29 is 19.1 Å². The van der Waals surface area contributed by atoms with Crippen LogP contribution in [0.1, 0.15) is 66.4 Å². The Morgan fingerprint density at radius 2 is 1.79 bits per heavy atom. The highest BCUT2D eigenvalue weighted by Crippen LogP contribution is 2.35. The summed E-state index contributed by atoms with van der Waals surface area (Å²) in [7, 11) is 0. The van der Waals surface area contributed by atoms with Gasteiger partial charge in [0.25, 0.3) is 0 Å². The zero-order valence-electron chi connectivity index (χ0n) is 18.7. The molecule has 0 aliphatic heterocycles. The number of amides is 1. The van der Waals surface area contributed by atoms with Crippen molar-refractivity contribution in [2.45, 2.75) is 85.0 Å². The standard InChI is InChI=1S/C24H37NO4/c1-16(2)19-13-12-17(3)14-21(19)28-22(26)20(15-18-10-8-7-9-11-18)25-23(27)29-24(4,5)6/h7-11,16-17,19-21H,12-15H2,1-6H3,(H,25,27)/t17-,19+,20?,21-/m1/s1. The van der Waals surface area contributed by atoms with Crippen LogP contribution >= 0.6 is 0 Å². The third-order valence-electron chi connectivity index (χ3n) is 5.49. The minimum Gasteiger partial charge on any atom is -0.461 e. The largest absolute Gasteiger partial charge is 0.461 e. The fourth-order valence-electron chi connectivity index (χ4n) is 3.97. The molecule has 1 aliphatic rings. The minimum atomic E-state index is -0.780. The molecule has 1 amide bonds. The van der Waals surface area contributed by atoms with Crippen LogP contribution in [0.15, 0.2) is 30.3 Å². The molecule has 4 atom stereocenters. The predicted molar refractivity (Wildman–Crippen MR) is 115 cm³/mol. The molecule has 0 radical (unpaired) electrons. The van der Waals surface area contributed by atoms with Gasteiger partial charge in [-0.1, -0.05) is 57.5 Å². The van der Waals surface area contributed by atoms with E-state index in [1.54, 1.807) is 20.8 Å². The normalized spacial score (nSPS) is 23.3. The van der Waals surface area contributed by atoms with Gasteiger partial charge in [-0.3, -0.25) is 0 Å². The molecule has 1 saturated carbocycles. The van der Waals surface area contributed by atoms with Crippen molar-refractivity contribution in [3.05, 3.63) is 35.9 Å². The Kier molecular flexibility index (Phi) is 8.12. The predicted octanol–water partition coefficient (Wildman–Crippen LogP) is 5.13. The molecule has 0 bridgehead atoms. The van der Waals surface area contributed by atoms with E-state index in [0.29, 0.717) is 24.2 Å². The summed E-state index contributed by atoms with van der Waals surface area (Å²) in [5.41, 5.74) is 0.329. The van der Waals surface area contributed by atoms with Gasteiger partial charge in [-0.15, -0.1) is 0 Å². The molecule has 2 rings (SSSR count). The molecule has 29 heavy (non-hydrogen) atoms. The van der Waals surface area contributed by atoms with E-state index in [-0.39, 0.29) is 12.1 Å². The summed E-state index contributed by atoms with van der Waals surface area (Å²) in [5, 5.41) is 2.73. The molecule has 162 valence electrons. The van der Waals surface area contributed by atoms with Gasteiger partial charge in [0.05, 0.1) is 0 Å². The van der Waals surface area contributed by atoms with Crippen LogP contribution in [-0.2, 0) is 20.7 Å². The van der Waals surface area contributed by atoms with E-state index in [1.165, 1.54) is 6.42 Å². The molecule has 5 heteroatoms. The summed E-state index contributed by atoms with van der Waals surface area (Å²) in [5.74, 6) is 0.958. The van der Waals surface area contributed by atoms with Crippen molar-refractivity contribution in [3.63, 3.8) is 0 Å². The third kappa shape index (κ3) is 7.71. The van der Waals surface area contributed by atoms with Crippen molar-refractivity contribution in [1.82, 2.24) is 5.32 Å². The summed E-state index contributed by atoms with van der Waals surface area (Å²) in [6.07, 6.45) is 2.77. The molecule has 0 aromatic heterocycles. The van der Waals surface area contributed by atoms with Crippen LogP contribution in [0, 0.1) is 17.8 Å². The van der Waals surface area contributed by atoms with Gasteiger partial charge in [-0.25, -0.2) is 9.59 Å². The lowest BCUT2D eigenvalue weighted by Crippen LogP contribution is -2.47. The molecule has 1 N–H and O–H groups in total. The van der Waals surface area contributed by atoms with Crippen LogP contribution in [0.5, 0.6) is 0 Å². The van der Waals surface area contributed by atoms with Crippen LogP contribution in [-0.4, -0.2) is 29.8 Å². The van der Waals surface area contributed by atoms with Crippen molar-refractivity contribution >= 4 is 12.1 Å². The SMILES string of the molecule is CC(C)[C@@H]1CC[C@@H](C)C[C@H]1OC(=O)C(Cc1ccccc1)NC(=O)OC(C)(C)C. The summed E-state index contributed by atoms with van der Waals surface area (Å²) >= 11 is 0. The molecule has 1 aromatic rings. The Morgan fingerprint density at radius 3 is 2.38 bits per heavy atom. The fraction of sp³-hybridized carbons (Fsp3) is 0.667. The average molecular weight is 404 g/mol. The number of ether oxygens (including phenoxy) is 2. The number of hydrogen-bond acceptors (Lipinski definition) is 4. The zero-order chi connectivity index (χ0) is 21.6. The number of nitrogens with one attached hydrogen (secondary N) is 1. The smallest absolute Gasteiger partial charge is 0.408 e. The lowest BCUT2D eigenvalue weighted by Gasteiger charge is -2.37. The summed E-state index contributed by atoms with van der Waals surface area (Å²) in [6.45, 7) is 12.0. The van der Waals surface area contributed by atoms with E-state index < -0.39 is 17.7 Å². The first kappa shape index (κ1) is 23.2. The topological polar surface area (TPSA) is 64.6 Å². The van der Waals surface area contributed by atoms with Crippen LogP contribution < -0.4 is 5.32 Å². The molecule has 0 saturated heterocycles. The van der Waals surface area contributed by atoms with Gasteiger partial charge in [-0.05, 0) is 56.9 Å². The first-order chi connectivity index (χ1) is 13.5. The second-order valence-corrected chi connectivity index (χ2v) is 9.69. The van der Waals surface area contributed by atoms with E-state index in [1.807, 2.05) is 30.3 Å². The van der Waals surface area contributed by atoms with Crippen molar-refractivity contribution in [2.75, 3.05) is 0 Å². The molecule has 0 spiro atoms. The summed E-state index contributed by atoms with van der Waals surface area (Å²) < 4.78 is 11.4. The van der Waals surface area contributed by atoms with E-state index >= 15 is 0 Å². The Morgan fingerprint density at radius 1 is 1.14 bits per heavy atom. The quantitative estimate of drug-likeness (QED) is 0.669. The number of hydrogen-bond donors (Lipinski definition) is 1. The average Bonchev–Trinajstić information content (AvgIpc) is 2.60. The number of carbonyl (C=O) groups excluding carboxylic acids is 2. The Balaban J connectivity index is 2.13. The van der Waals surface area contributed by atoms with Gasteiger partial charge >= 0.3 is 12.1 Å². The van der Waals surface area contributed by atoms with Crippen LogP contribution in [0.3, 0.4) is 0 Å². The molecule has 0 heterocycles. The highest BCUT2D eigenvalue weighted by Gasteiger charge is 2.35. The van der Waals surface area contributed by atoms with Gasteiger partial charge < -0.3 is 14.8 Å². The number of esters is 1. The van der Waals surface area contributed by atoms with Crippen LogP contribution in [0.4, 0.5) is 4.79 Å². The monoisotopic (exact) mass is 403 g/mol. The minimum absolute atomic E-state index is 0.107. The van der Waals surface area contributed by atoms with Gasteiger partial charge in [0.15, 0.2) is 0 Å². The Hall–Kier alpha value is -2.04. The second kappa shape index (κ2) is 10.1. The van der Waals surface area contributed by atoms with E-state index in [9.17, 15) is 9.59 Å². The van der Waals surface area contributed by atoms with E-state index in [0.717, 1.165) is 18.4 Å². The summed E-state index contributed by atoms with van der Waals surface area (Å²) in [6, 6.07) is 8.87. The second-order valence-electron chi connectivity index (χ2n) is 9.69. The zero-order valence-corrected chi connectivity index (χ0v) is 18.7. The maximum atomic E-state index is 13.1. The van der Waals surface area contributed by atoms with Crippen LogP contribution in [0.25, 0.3) is 0 Å². The van der Waals surface area contributed by atoms with Crippen molar-refractivity contribution in [1.29, 1.82) is 0 Å². The highest BCUT2D eigenvalue weighted by atomic mass is 16.6. The molecular formula is C24H37NO4. The maximum Gasteiger partial charge on any atom is 0.408 e. The van der Waals surface area contributed by atoms with Crippen molar-refractivity contribution in [2.24, 2.45) is 17.8 Å². The number of alkyl carbamates (subject to hydrolysis) is 1. The number of carbonyl (C=O) groups is 2. The van der Waals surface area contributed by atoms with Crippen molar-refractivity contribution in [3.8, 4) is 0 Å². The maximum absolute atomic E-state index is 13.1. The molecule has 1 aromatic carbocycles. The third-order valence-corrected chi connectivity index (χ3v) is 5.49. The van der Waals surface area contributed by atoms with Gasteiger partial charge in [0.2, 0.25) is 0 Å². The lowest BCUT2D eigenvalue weighted by atomic mass is 9.75. The van der Waals surface area contributed by atoms with Gasteiger partial charge in [-0.2, -0.15) is 0 Å². The molecule has 1 aliphatic carbocycles. The Labute approximate surface area is 175 Å². The number of benzene rings is 1. The van der Waals surface area contributed by atoms with Crippen LogP contribution in [0.2, 0.25) is 0 Å². The van der Waals surface area contributed by atoms with Gasteiger partial charge in [0, 0.05) is 6.42 Å². The van der Waals surface area contributed by atoms with Gasteiger partial charge in [0.1, 0.15) is 17.7 Å². The lowest BCUT2D eigenvalue weighted by molar-refractivity contribution is -0.158. The summed E-state index contributed by atoms with van der Waals surface area (Å²) in [4.78, 5) is 25.4. The first-order valence-corrected chi connectivity index (χ1v) is 10.8. The highest BCUT2D eigenvalue weighted by molar-refractivity contribution is 5.82.